The van der Waals surface area contributed by atoms with Gasteiger partial charge in [-0.15, -0.1) is 0 Å². The van der Waals surface area contributed by atoms with E-state index in [0.29, 0.717) is 11.4 Å². The monoisotopic (exact) mass is 402 g/mol. The third kappa shape index (κ3) is 3.14. The van der Waals surface area contributed by atoms with Crippen LogP contribution in [0.15, 0.2) is 75.0 Å². The summed E-state index contributed by atoms with van der Waals surface area (Å²) in [5.74, 6) is 0. The van der Waals surface area contributed by atoms with Gasteiger partial charge in [0.2, 0.25) is 0 Å². The number of hydrogen-bond donors (Lipinski definition) is 1. The van der Waals surface area contributed by atoms with E-state index in [1.54, 1.807) is 31.3 Å². The van der Waals surface area contributed by atoms with Gasteiger partial charge in [-0.05, 0) is 36.2 Å². The minimum atomic E-state index is -0.499. The molecule has 0 atom stereocenters. The van der Waals surface area contributed by atoms with Gasteiger partial charge in [0.25, 0.3) is 11.1 Å². The summed E-state index contributed by atoms with van der Waals surface area (Å²) < 4.78 is 3.77. The fourth-order valence-corrected chi connectivity index (χ4v) is 3.60. The molecular formula is C23H22N4O3. The lowest BCUT2D eigenvalue weighted by Crippen LogP contribution is -2.39. The Morgan fingerprint density at radius 3 is 2.17 bits per heavy atom. The highest BCUT2D eigenvalue weighted by Gasteiger charge is 2.19. The van der Waals surface area contributed by atoms with Gasteiger partial charge in [0.05, 0.1) is 11.4 Å². The number of anilines is 2. The maximum absolute atomic E-state index is 13.1. The van der Waals surface area contributed by atoms with Gasteiger partial charge in [0, 0.05) is 25.8 Å². The van der Waals surface area contributed by atoms with Crippen molar-refractivity contribution >= 4 is 22.4 Å². The predicted octanol–water partition coefficient (Wildman–Crippen LogP) is 2.69. The molecule has 2 aromatic carbocycles. The summed E-state index contributed by atoms with van der Waals surface area (Å²) in [7, 11) is 2.99. The maximum Gasteiger partial charge on any atom is 0.332 e. The Hall–Kier alpha value is -3.87. The molecule has 4 rings (SSSR count). The van der Waals surface area contributed by atoms with E-state index >= 15 is 0 Å². The molecule has 0 fully saturated rings. The topological polar surface area (TPSA) is 78.0 Å². The summed E-state index contributed by atoms with van der Waals surface area (Å²) in [5.41, 5.74) is 1.81. The Balaban J connectivity index is 2.07. The number of aromatic nitrogens is 3. The minimum Gasteiger partial charge on any atom is -0.355 e. The van der Waals surface area contributed by atoms with Crippen molar-refractivity contribution in [2.24, 2.45) is 14.1 Å². The average Bonchev–Trinajstić information content (AvgIpc) is 2.77. The SMILES string of the molecule is CCc1ccc(Nc2cc(=O)n(-c3ccccc3)c3c2c(=O)n(C)c(=O)n3C)cc1. The summed E-state index contributed by atoms with van der Waals surface area (Å²) in [6.07, 6.45) is 0.916. The van der Waals surface area contributed by atoms with Gasteiger partial charge >= 0.3 is 5.69 Å². The fourth-order valence-electron chi connectivity index (χ4n) is 3.60. The van der Waals surface area contributed by atoms with Gasteiger partial charge in [0.1, 0.15) is 11.0 Å². The van der Waals surface area contributed by atoms with Crippen LogP contribution in [0.1, 0.15) is 12.5 Å². The van der Waals surface area contributed by atoms with E-state index in [2.05, 4.69) is 12.2 Å². The van der Waals surface area contributed by atoms with Gasteiger partial charge in [-0.2, -0.15) is 0 Å². The Kier molecular flexibility index (Phi) is 4.87. The Morgan fingerprint density at radius 2 is 1.53 bits per heavy atom. The van der Waals surface area contributed by atoms with E-state index in [-0.39, 0.29) is 16.6 Å². The molecule has 7 heteroatoms. The molecule has 0 saturated heterocycles. The van der Waals surface area contributed by atoms with Crippen LogP contribution in [0.3, 0.4) is 0 Å². The maximum atomic E-state index is 13.1. The van der Waals surface area contributed by atoms with Crippen LogP contribution in [0.5, 0.6) is 0 Å². The number of fused-ring (bicyclic) bond motifs is 1. The zero-order valence-electron chi connectivity index (χ0n) is 17.0. The molecule has 7 nitrogen and oxygen atoms in total. The van der Waals surface area contributed by atoms with E-state index in [1.807, 2.05) is 30.3 Å². The Bertz CT molecular complexity index is 1410. The first-order valence-electron chi connectivity index (χ1n) is 9.69. The van der Waals surface area contributed by atoms with Crippen molar-refractivity contribution in [2.75, 3.05) is 5.32 Å². The van der Waals surface area contributed by atoms with Crippen LogP contribution in [0, 0.1) is 0 Å². The molecule has 0 radical (unpaired) electrons. The van der Waals surface area contributed by atoms with E-state index in [4.69, 9.17) is 0 Å². The molecular weight excluding hydrogens is 380 g/mol. The summed E-state index contributed by atoms with van der Waals surface area (Å²) >= 11 is 0. The number of para-hydroxylation sites is 1. The minimum absolute atomic E-state index is 0.245. The molecule has 0 saturated carbocycles. The number of benzene rings is 2. The van der Waals surface area contributed by atoms with Crippen molar-refractivity contribution in [3.8, 4) is 5.69 Å². The largest absolute Gasteiger partial charge is 0.355 e. The first-order valence-corrected chi connectivity index (χ1v) is 9.69. The van der Waals surface area contributed by atoms with E-state index in [0.717, 1.165) is 16.7 Å². The van der Waals surface area contributed by atoms with Gasteiger partial charge in [-0.3, -0.25) is 23.3 Å². The lowest BCUT2D eigenvalue weighted by Gasteiger charge is -2.17. The predicted molar refractivity (Wildman–Crippen MR) is 119 cm³/mol. The van der Waals surface area contributed by atoms with E-state index in [9.17, 15) is 14.4 Å². The summed E-state index contributed by atoms with van der Waals surface area (Å²) in [6, 6.07) is 18.1. The molecule has 0 unspecified atom stereocenters. The van der Waals surface area contributed by atoms with Gasteiger partial charge in [0.15, 0.2) is 0 Å². The van der Waals surface area contributed by atoms with Crippen molar-refractivity contribution < 1.29 is 0 Å². The highest BCUT2D eigenvalue weighted by Crippen LogP contribution is 2.23. The van der Waals surface area contributed by atoms with Crippen molar-refractivity contribution in [2.45, 2.75) is 13.3 Å². The molecule has 0 aliphatic carbocycles. The molecule has 0 spiro atoms. The molecule has 2 heterocycles. The van der Waals surface area contributed by atoms with Crippen LogP contribution in [0.25, 0.3) is 16.7 Å². The highest BCUT2D eigenvalue weighted by atomic mass is 16.2. The number of aryl methyl sites for hydroxylation is 2. The molecule has 4 aromatic rings. The molecule has 2 aromatic heterocycles. The second kappa shape index (κ2) is 7.51. The summed E-state index contributed by atoms with van der Waals surface area (Å²) in [6.45, 7) is 2.07. The summed E-state index contributed by atoms with van der Waals surface area (Å²) in [5, 5.41) is 3.46. The molecule has 0 aliphatic rings. The Labute approximate surface area is 172 Å². The summed E-state index contributed by atoms with van der Waals surface area (Å²) in [4.78, 5) is 38.8. The second-order valence-electron chi connectivity index (χ2n) is 7.15. The number of nitrogens with one attached hydrogen (secondary N) is 1. The standard InChI is InChI=1S/C23H22N4O3/c1-4-15-10-12-16(13-11-15)24-18-14-19(28)27(17-8-6-5-7-9-17)21-20(18)22(29)26(3)23(30)25(21)2/h5-14,24H,4H2,1-3H3. The number of hydrogen-bond acceptors (Lipinski definition) is 4. The molecule has 1 N–H and O–H groups in total. The fraction of sp³-hybridized carbons (Fsp3) is 0.174. The van der Waals surface area contributed by atoms with Crippen LogP contribution in [-0.2, 0) is 20.5 Å². The molecule has 0 aliphatic heterocycles. The van der Waals surface area contributed by atoms with Crippen LogP contribution in [-0.4, -0.2) is 13.7 Å². The van der Waals surface area contributed by atoms with Crippen LogP contribution in [0.2, 0.25) is 0 Å². The lowest BCUT2D eigenvalue weighted by molar-refractivity contribution is 0.699. The van der Waals surface area contributed by atoms with Gasteiger partial charge < -0.3 is 5.32 Å². The molecule has 0 amide bonds. The van der Waals surface area contributed by atoms with Crippen molar-refractivity contribution in [3.05, 3.63) is 97.4 Å². The first-order chi connectivity index (χ1) is 14.4. The van der Waals surface area contributed by atoms with Crippen LogP contribution in [0.4, 0.5) is 11.4 Å². The normalized spacial score (nSPS) is 11.0. The molecule has 152 valence electrons. The highest BCUT2D eigenvalue weighted by molar-refractivity contribution is 5.91. The zero-order valence-corrected chi connectivity index (χ0v) is 17.0. The van der Waals surface area contributed by atoms with Crippen molar-refractivity contribution in [1.29, 1.82) is 0 Å². The van der Waals surface area contributed by atoms with Crippen LogP contribution < -0.4 is 22.1 Å². The van der Waals surface area contributed by atoms with Crippen molar-refractivity contribution in [1.82, 2.24) is 13.7 Å². The van der Waals surface area contributed by atoms with Gasteiger partial charge in [-0.1, -0.05) is 37.3 Å². The second-order valence-corrected chi connectivity index (χ2v) is 7.15. The van der Waals surface area contributed by atoms with E-state index in [1.165, 1.54) is 27.8 Å². The third-order valence-corrected chi connectivity index (χ3v) is 5.26. The van der Waals surface area contributed by atoms with Gasteiger partial charge in [-0.25, -0.2) is 4.79 Å². The zero-order chi connectivity index (χ0) is 21.4. The average molecular weight is 402 g/mol. The first kappa shape index (κ1) is 19.4. The van der Waals surface area contributed by atoms with Crippen LogP contribution >= 0.6 is 0 Å². The molecule has 30 heavy (non-hydrogen) atoms. The third-order valence-electron chi connectivity index (χ3n) is 5.26. The number of nitrogens with zero attached hydrogens (tertiary/aromatic N) is 3. The molecule has 0 bridgehead atoms. The number of pyridine rings is 1. The van der Waals surface area contributed by atoms with E-state index < -0.39 is 11.2 Å². The Morgan fingerprint density at radius 1 is 0.867 bits per heavy atom. The lowest BCUT2D eigenvalue weighted by atomic mass is 10.1. The smallest absolute Gasteiger partial charge is 0.332 e. The quantitative estimate of drug-likeness (QED) is 0.569. The van der Waals surface area contributed by atoms with Crippen molar-refractivity contribution in [3.63, 3.8) is 0 Å². The number of rotatable bonds is 4.